The van der Waals surface area contributed by atoms with Crippen molar-refractivity contribution in [2.45, 2.75) is 36.7 Å². The first kappa shape index (κ1) is 21.5. The highest BCUT2D eigenvalue weighted by atomic mass is 32.2. The van der Waals surface area contributed by atoms with Crippen molar-refractivity contribution in [3.8, 4) is 0 Å². The van der Waals surface area contributed by atoms with Crippen LogP contribution in [0.3, 0.4) is 0 Å². The molecule has 3 rings (SSSR count). The number of hydrogen-bond donors (Lipinski definition) is 1. The highest BCUT2D eigenvalue weighted by molar-refractivity contribution is 7.89. The molecule has 0 spiro atoms. The monoisotopic (exact) mass is 435 g/mol. The van der Waals surface area contributed by atoms with Crippen molar-refractivity contribution in [3.63, 3.8) is 0 Å². The molecular formula is C20H25N3O4S2. The van der Waals surface area contributed by atoms with Gasteiger partial charge in [-0.1, -0.05) is 24.3 Å². The quantitative estimate of drug-likeness (QED) is 0.754. The van der Waals surface area contributed by atoms with Crippen LogP contribution in [0.1, 0.15) is 34.5 Å². The number of amides is 2. The van der Waals surface area contributed by atoms with Crippen molar-refractivity contribution in [2.75, 3.05) is 20.6 Å². The fourth-order valence-electron chi connectivity index (χ4n) is 3.39. The number of carbonyl (C=O) groups excluding carboxylic acids is 2. The number of benzene rings is 1. The van der Waals surface area contributed by atoms with Gasteiger partial charge in [0.2, 0.25) is 15.9 Å². The third kappa shape index (κ3) is 4.68. The van der Waals surface area contributed by atoms with E-state index in [1.54, 1.807) is 29.2 Å². The second-order valence-electron chi connectivity index (χ2n) is 7.10. The van der Waals surface area contributed by atoms with Gasteiger partial charge in [0.1, 0.15) is 6.04 Å². The van der Waals surface area contributed by atoms with Crippen LogP contribution in [0.2, 0.25) is 0 Å². The van der Waals surface area contributed by atoms with Crippen LogP contribution in [-0.2, 0) is 21.4 Å². The zero-order valence-corrected chi connectivity index (χ0v) is 18.1. The van der Waals surface area contributed by atoms with Gasteiger partial charge < -0.3 is 10.2 Å². The SMILES string of the molecule is CN(C)S(=O)(=O)c1ccccc1CNC(=O)C1CCCCN1C(=O)c1cccs1. The Morgan fingerprint density at radius 2 is 1.93 bits per heavy atom. The van der Waals surface area contributed by atoms with Crippen LogP contribution in [0.15, 0.2) is 46.7 Å². The summed E-state index contributed by atoms with van der Waals surface area (Å²) in [7, 11) is -0.669. The van der Waals surface area contributed by atoms with Crippen LogP contribution in [0.5, 0.6) is 0 Å². The Kier molecular flexibility index (Phi) is 6.71. The molecule has 0 aliphatic carbocycles. The van der Waals surface area contributed by atoms with E-state index >= 15 is 0 Å². The van der Waals surface area contributed by atoms with Crippen molar-refractivity contribution in [1.29, 1.82) is 0 Å². The number of nitrogens with one attached hydrogen (secondary N) is 1. The van der Waals surface area contributed by atoms with Crippen LogP contribution >= 0.6 is 11.3 Å². The molecule has 9 heteroatoms. The molecule has 2 amide bonds. The van der Waals surface area contributed by atoms with Crippen LogP contribution in [0, 0.1) is 0 Å². The first-order valence-corrected chi connectivity index (χ1v) is 11.8. The van der Waals surface area contributed by atoms with Gasteiger partial charge in [-0.15, -0.1) is 11.3 Å². The summed E-state index contributed by atoms with van der Waals surface area (Å²) < 4.78 is 26.2. The zero-order valence-electron chi connectivity index (χ0n) is 16.5. The topological polar surface area (TPSA) is 86.8 Å². The Morgan fingerprint density at radius 1 is 1.17 bits per heavy atom. The summed E-state index contributed by atoms with van der Waals surface area (Å²) in [4.78, 5) is 28.1. The maximum absolute atomic E-state index is 12.9. The van der Waals surface area contributed by atoms with E-state index in [0.29, 0.717) is 23.4 Å². The van der Waals surface area contributed by atoms with Crippen molar-refractivity contribution in [1.82, 2.24) is 14.5 Å². The lowest BCUT2D eigenvalue weighted by Crippen LogP contribution is -2.51. The van der Waals surface area contributed by atoms with Gasteiger partial charge in [0.25, 0.3) is 5.91 Å². The van der Waals surface area contributed by atoms with E-state index in [-0.39, 0.29) is 23.3 Å². The van der Waals surface area contributed by atoms with E-state index in [2.05, 4.69) is 5.32 Å². The lowest BCUT2D eigenvalue weighted by molar-refractivity contribution is -0.126. The maximum Gasteiger partial charge on any atom is 0.264 e. The summed E-state index contributed by atoms with van der Waals surface area (Å²) in [5, 5.41) is 4.68. The number of piperidine rings is 1. The molecule has 1 fully saturated rings. The maximum atomic E-state index is 12.9. The predicted octanol–water partition coefficient (Wildman–Crippen LogP) is 2.31. The molecule has 0 radical (unpaired) electrons. The van der Waals surface area contributed by atoms with E-state index in [1.807, 2.05) is 11.4 Å². The molecule has 1 atom stereocenters. The lowest BCUT2D eigenvalue weighted by atomic mass is 10.0. The zero-order chi connectivity index (χ0) is 21.0. The van der Waals surface area contributed by atoms with Gasteiger partial charge in [0, 0.05) is 27.2 Å². The third-order valence-corrected chi connectivity index (χ3v) is 7.76. The van der Waals surface area contributed by atoms with Crippen molar-refractivity contribution >= 4 is 33.2 Å². The minimum Gasteiger partial charge on any atom is -0.350 e. The number of thiophene rings is 1. The molecule has 29 heavy (non-hydrogen) atoms. The molecule has 7 nitrogen and oxygen atoms in total. The van der Waals surface area contributed by atoms with Gasteiger partial charge in [-0.25, -0.2) is 12.7 Å². The largest absolute Gasteiger partial charge is 0.350 e. The van der Waals surface area contributed by atoms with E-state index in [1.165, 1.54) is 31.5 Å². The molecule has 1 unspecified atom stereocenters. The smallest absolute Gasteiger partial charge is 0.264 e. The van der Waals surface area contributed by atoms with E-state index < -0.39 is 16.1 Å². The molecule has 1 aromatic heterocycles. The number of hydrogen-bond acceptors (Lipinski definition) is 5. The third-order valence-electron chi connectivity index (χ3n) is 4.98. The molecule has 0 saturated carbocycles. The number of carbonyl (C=O) groups is 2. The molecule has 2 aromatic rings. The van der Waals surface area contributed by atoms with E-state index in [9.17, 15) is 18.0 Å². The molecule has 1 aliphatic heterocycles. The van der Waals surface area contributed by atoms with Gasteiger partial charge in [-0.2, -0.15) is 0 Å². The number of rotatable bonds is 6. The summed E-state index contributed by atoms with van der Waals surface area (Å²) in [6, 6.07) is 9.65. The molecule has 1 aromatic carbocycles. The summed E-state index contributed by atoms with van der Waals surface area (Å²) in [5.74, 6) is -0.387. The predicted molar refractivity (Wildman–Crippen MR) is 112 cm³/mol. The first-order valence-electron chi connectivity index (χ1n) is 9.45. The van der Waals surface area contributed by atoms with E-state index in [4.69, 9.17) is 0 Å². The summed E-state index contributed by atoms with van der Waals surface area (Å²) in [6.45, 7) is 0.625. The van der Waals surface area contributed by atoms with E-state index in [0.717, 1.165) is 17.1 Å². The van der Waals surface area contributed by atoms with Crippen LogP contribution in [0.4, 0.5) is 0 Å². The Morgan fingerprint density at radius 3 is 2.62 bits per heavy atom. The van der Waals surface area contributed by atoms with Crippen molar-refractivity contribution < 1.29 is 18.0 Å². The van der Waals surface area contributed by atoms with Crippen LogP contribution in [-0.4, -0.2) is 56.1 Å². The van der Waals surface area contributed by atoms with Gasteiger partial charge in [0.15, 0.2) is 0 Å². The Hall–Kier alpha value is -2.23. The summed E-state index contributed by atoms with van der Waals surface area (Å²) in [5.41, 5.74) is 0.515. The highest BCUT2D eigenvalue weighted by Gasteiger charge is 2.33. The fraction of sp³-hybridized carbons (Fsp3) is 0.400. The Bertz CT molecular complexity index is 971. The molecular weight excluding hydrogens is 410 g/mol. The van der Waals surface area contributed by atoms with Crippen LogP contribution < -0.4 is 5.32 Å². The average molecular weight is 436 g/mol. The Balaban J connectivity index is 1.74. The second-order valence-corrected chi connectivity index (χ2v) is 10.2. The number of sulfonamides is 1. The fourth-order valence-corrected chi connectivity index (χ4v) is 5.18. The minimum absolute atomic E-state index is 0.0829. The van der Waals surface area contributed by atoms with Gasteiger partial charge >= 0.3 is 0 Å². The van der Waals surface area contributed by atoms with Crippen molar-refractivity contribution in [3.05, 3.63) is 52.2 Å². The molecule has 1 saturated heterocycles. The summed E-state index contributed by atoms with van der Waals surface area (Å²) >= 11 is 1.36. The Labute approximate surface area is 175 Å². The molecule has 1 N–H and O–H groups in total. The van der Waals surface area contributed by atoms with Crippen LogP contribution in [0.25, 0.3) is 0 Å². The standard InChI is InChI=1S/C20H25N3O4S2/c1-22(2)29(26,27)18-11-4-3-8-15(18)14-21-19(24)16-9-5-6-12-23(16)20(25)17-10-7-13-28-17/h3-4,7-8,10-11,13,16H,5-6,9,12,14H2,1-2H3,(H,21,24). The van der Waals surface area contributed by atoms with Gasteiger partial charge in [0.05, 0.1) is 9.77 Å². The number of likely N-dealkylation sites (tertiary alicyclic amines) is 1. The van der Waals surface area contributed by atoms with Crippen molar-refractivity contribution in [2.24, 2.45) is 0 Å². The second kappa shape index (κ2) is 9.06. The molecule has 1 aliphatic rings. The highest BCUT2D eigenvalue weighted by Crippen LogP contribution is 2.23. The lowest BCUT2D eigenvalue weighted by Gasteiger charge is -2.34. The molecule has 156 valence electrons. The normalized spacial score (nSPS) is 17.3. The van der Waals surface area contributed by atoms with Gasteiger partial charge in [-0.05, 0) is 42.3 Å². The average Bonchev–Trinajstić information content (AvgIpc) is 3.26. The molecule has 2 heterocycles. The summed E-state index contributed by atoms with van der Waals surface area (Å²) in [6.07, 6.45) is 2.34. The minimum atomic E-state index is -3.62. The number of nitrogens with zero attached hydrogens (tertiary/aromatic N) is 2. The first-order chi connectivity index (χ1) is 13.8. The van der Waals surface area contributed by atoms with Gasteiger partial charge in [-0.3, -0.25) is 9.59 Å². The molecule has 0 bridgehead atoms.